The summed E-state index contributed by atoms with van der Waals surface area (Å²) in [6, 6.07) is 8.16. The molecule has 3 nitrogen and oxygen atoms in total. The van der Waals surface area contributed by atoms with E-state index < -0.39 is 6.10 Å². The molecule has 19 heavy (non-hydrogen) atoms. The molecule has 1 saturated carbocycles. The first-order valence-corrected chi connectivity index (χ1v) is 7.17. The molecule has 1 aliphatic carbocycles. The van der Waals surface area contributed by atoms with Crippen LogP contribution in [-0.2, 0) is 0 Å². The lowest BCUT2D eigenvalue weighted by Crippen LogP contribution is -2.35. The van der Waals surface area contributed by atoms with E-state index in [0.29, 0.717) is 18.5 Å². The van der Waals surface area contributed by atoms with Crippen LogP contribution in [0.4, 0.5) is 0 Å². The molecule has 1 fully saturated rings. The van der Waals surface area contributed by atoms with Crippen molar-refractivity contribution in [3.8, 4) is 5.75 Å². The molecule has 4 unspecified atom stereocenters. The number of methoxy groups -OCH3 is 1. The summed E-state index contributed by atoms with van der Waals surface area (Å²) >= 11 is 0. The normalized spacial score (nSPS) is 28.3. The van der Waals surface area contributed by atoms with Gasteiger partial charge in [-0.1, -0.05) is 26.0 Å². The Labute approximate surface area is 116 Å². The number of nitrogens with one attached hydrogen (secondary N) is 1. The van der Waals surface area contributed by atoms with Crippen molar-refractivity contribution in [3.63, 3.8) is 0 Å². The summed E-state index contributed by atoms with van der Waals surface area (Å²) in [4.78, 5) is 0. The van der Waals surface area contributed by atoms with Crippen LogP contribution in [-0.4, -0.2) is 24.8 Å². The molecule has 4 atom stereocenters. The number of aliphatic hydroxyl groups is 1. The van der Waals surface area contributed by atoms with E-state index in [9.17, 15) is 5.11 Å². The van der Waals surface area contributed by atoms with E-state index in [2.05, 4.69) is 19.2 Å². The van der Waals surface area contributed by atoms with Gasteiger partial charge in [0.1, 0.15) is 5.75 Å². The van der Waals surface area contributed by atoms with Crippen molar-refractivity contribution >= 4 is 0 Å². The van der Waals surface area contributed by atoms with Gasteiger partial charge >= 0.3 is 0 Å². The highest BCUT2D eigenvalue weighted by Gasteiger charge is 2.29. The van der Waals surface area contributed by atoms with E-state index in [1.54, 1.807) is 7.11 Å². The average Bonchev–Trinajstić information content (AvgIpc) is 2.76. The second-order valence-electron chi connectivity index (χ2n) is 5.72. The molecule has 0 spiro atoms. The SMILES string of the molecule is COc1ccc(C(O)CNC2CCC(C)C2C)cc1. The highest BCUT2D eigenvalue weighted by atomic mass is 16.5. The lowest BCUT2D eigenvalue weighted by atomic mass is 9.97. The first kappa shape index (κ1) is 14.4. The van der Waals surface area contributed by atoms with E-state index in [-0.39, 0.29) is 0 Å². The standard InChI is InChI=1S/C16H25NO2/c1-11-4-9-15(12(11)2)17-10-16(18)13-5-7-14(19-3)8-6-13/h5-8,11-12,15-18H,4,9-10H2,1-3H3. The second-order valence-corrected chi connectivity index (χ2v) is 5.72. The molecule has 1 aliphatic rings. The zero-order valence-electron chi connectivity index (χ0n) is 12.1. The summed E-state index contributed by atoms with van der Waals surface area (Å²) in [7, 11) is 1.65. The van der Waals surface area contributed by atoms with E-state index >= 15 is 0 Å². The van der Waals surface area contributed by atoms with Crippen molar-refractivity contribution in [2.75, 3.05) is 13.7 Å². The molecule has 1 aromatic carbocycles. The molecular weight excluding hydrogens is 238 g/mol. The van der Waals surface area contributed by atoms with Crippen LogP contribution in [0.5, 0.6) is 5.75 Å². The fourth-order valence-electron chi connectivity index (χ4n) is 2.86. The van der Waals surface area contributed by atoms with Crippen LogP contribution >= 0.6 is 0 Å². The van der Waals surface area contributed by atoms with Crippen LogP contribution in [0.25, 0.3) is 0 Å². The van der Waals surface area contributed by atoms with Crippen LogP contribution in [0.3, 0.4) is 0 Å². The van der Waals surface area contributed by atoms with Crippen molar-refractivity contribution in [2.24, 2.45) is 11.8 Å². The third kappa shape index (κ3) is 3.48. The Bertz CT molecular complexity index is 390. The summed E-state index contributed by atoms with van der Waals surface area (Å²) < 4.78 is 5.12. The van der Waals surface area contributed by atoms with Gasteiger partial charge < -0.3 is 15.2 Å². The van der Waals surface area contributed by atoms with Crippen molar-refractivity contribution < 1.29 is 9.84 Å². The van der Waals surface area contributed by atoms with Gasteiger partial charge in [0.25, 0.3) is 0 Å². The Morgan fingerprint density at radius 3 is 2.47 bits per heavy atom. The summed E-state index contributed by atoms with van der Waals surface area (Å²) in [5.41, 5.74) is 0.937. The van der Waals surface area contributed by atoms with Crippen LogP contribution in [0, 0.1) is 11.8 Å². The highest BCUT2D eigenvalue weighted by molar-refractivity contribution is 5.28. The van der Waals surface area contributed by atoms with Crippen molar-refractivity contribution in [1.29, 1.82) is 0 Å². The maximum atomic E-state index is 10.2. The molecular formula is C16H25NO2. The quantitative estimate of drug-likeness (QED) is 0.858. The van der Waals surface area contributed by atoms with Gasteiger partial charge in [-0.3, -0.25) is 0 Å². The molecule has 0 radical (unpaired) electrons. The van der Waals surface area contributed by atoms with Gasteiger partial charge in [0, 0.05) is 12.6 Å². The first-order valence-electron chi connectivity index (χ1n) is 7.17. The summed E-state index contributed by atoms with van der Waals surface area (Å²) in [5, 5.41) is 13.7. The second kappa shape index (κ2) is 6.40. The molecule has 2 rings (SSSR count). The maximum Gasteiger partial charge on any atom is 0.118 e. The van der Waals surface area contributed by atoms with Gasteiger partial charge in [-0.15, -0.1) is 0 Å². The van der Waals surface area contributed by atoms with Crippen molar-refractivity contribution in [2.45, 2.75) is 38.8 Å². The molecule has 3 heteroatoms. The van der Waals surface area contributed by atoms with Gasteiger partial charge in [0.05, 0.1) is 13.2 Å². The smallest absolute Gasteiger partial charge is 0.118 e. The Morgan fingerprint density at radius 1 is 1.26 bits per heavy atom. The fraction of sp³-hybridized carbons (Fsp3) is 0.625. The third-order valence-corrected chi connectivity index (χ3v) is 4.54. The van der Waals surface area contributed by atoms with Gasteiger partial charge in [0.15, 0.2) is 0 Å². The number of hydrogen-bond donors (Lipinski definition) is 2. The van der Waals surface area contributed by atoms with Crippen LogP contribution in [0.2, 0.25) is 0 Å². The Hall–Kier alpha value is -1.06. The maximum absolute atomic E-state index is 10.2. The fourth-order valence-corrected chi connectivity index (χ4v) is 2.86. The van der Waals surface area contributed by atoms with E-state index in [1.165, 1.54) is 12.8 Å². The van der Waals surface area contributed by atoms with Crippen LogP contribution in [0.1, 0.15) is 38.4 Å². The Kier molecular flexibility index (Phi) is 4.83. The lowest BCUT2D eigenvalue weighted by Gasteiger charge is -2.21. The number of ether oxygens (including phenoxy) is 1. The zero-order valence-corrected chi connectivity index (χ0v) is 12.1. The van der Waals surface area contributed by atoms with E-state index in [0.717, 1.165) is 17.2 Å². The average molecular weight is 263 g/mol. The van der Waals surface area contributed by atoms with Crippen molar-refractivity contribution in [1.82, 2.24) is 5.32 Å². The molecule has 106 valence electrons. The highest BCUT2D eigenvalue weighted by Crippen LogP contribution is 2.31. The van der Waals surface area contributed by atoms with E-state index in [4.69, 9.17) is 4.74 Å². The molecule has 2 N–H and O–H groups in total. The topological polar surface area (TPSA) is 41.5 Å². The minimum absolute atomic E-state index is 0.450. The molecule has 0 saturated heterocycles. The van der Waals surface area contributed by atoms with Gasteiger partial charge in [0.2, 0.25) is 0 Å². The first-order chi connectivity index (χ1) is 9.11. The molecule has 0 heterocycles. The number of hydrogen-bond acceptors (Lipinski definition) is 3. The molecule has 0 aromatic heterocycles. The minimum Gasteiger partial charge on any atom is -0.497 e. The zero-order chi connectivity index (χ0) is 13.8. The lowest BCUT2D eigenvalue weighted by molar-refractivity contribution is 0.165. The molecule has 0 bridgehead atoms. The number of benzene rings is 1. The third-order valence-electron chi connectivity index (χ3n) is 4.54. The summed E-state index contributed by atoms with van der Waals surface area (Å²) in [6.07, 6.45) is 2.06. The van der Waals surface area contributed by atoms with E-state index in [1.807, 2.05) is 24.3 Å². The predicted octanol–water partition coefficient (Wildman–Crippen LogP) is 2.75. The van der Waals surface area contributed by atoms with Gasteiger partial charge in [-0.2, -0.15) is 0 Å². The molecule has 0 aliphatic heterocycles. The Balaban J connectivity index is 1.85. The van der Waals surface area contributed by atoms with Crippen molar-refractivity contribution in [3.05, 3.63) is 29.8 Å². The molecule has 0 amide bonds. The molecule has 1 aromatic rings. The minimum atomic E-state index is -0.450. The number of aliphatic hydroxyl groups excluding tert-OH is 1. The Morgan fingerprint density at radius 2 is 1.95 bits per heavy atom. The largest absolute Gasteiger partial charge is 0.497 e. The monoisotopic (exact) mass is 263 g/mol. The summed E-state index contributed by atoms with van der Waals surface area (Å²) in [5.74, 6) is 2.31. The van der Waals surface area contributed by atoms with Crippen LogP contribution < -0.4 is 10.1 Å². The number of rotatable bonds is 5. The van der Waals surface area contributed by atoms with Gasteiger partial charge in [-0.05, 0) is 42.4 Å². The van der Waals surface area contributed by atoms with Gasteiger partial charge in [-0.25, -0.2) is 0 Å². The van der Waals surface area contributed by atoms with Crippen LogP contribution in [0.15, 0.2) is 24.3 Å². The predicted molar refractivity (Wildman–Crippen MR) is 77.3 cm³/mol. The summed E-state index contributed by atoms with van der Waals surface area (Å²) in [6.45, 7) is 5.23.